The quantitative estimate of drug-likeness (QED) is 0.854. The Morgan fingerprint density at radius 1 is 1.22 bits per heavy atom. The molecule has 0 saturated heterocycles. The fraction of sp³-hybridized carbons (Fsp3) is 0.385. The third-order valence-electron chi connectivity index (χ3n) is 2.85. The summed E-state index contributed by atoms with van der Waals surface area (Å²) in [7, 11) is -0.949. The molecule has 1 heterocycles. The molecule has 1 atom stereocenters. The Hall–Kier alpha value is -1.49. The lowest BCUT2D eigenvalue weighted by Crippen LogP contribution is -2.04. The molecule has 0 radical (unpaired) electrons. The van der Waals surface area contributed by atoms with Gasteiger partial charge >= 0.3 is 0 Å². The van der Waals surface area contributed by atoms with Crippen LogP contribution in [0.15, 0.2) is 23.4 Å². The van der Waals surface area contributed by atoms with Gasteiger partial charge in [0.1, 0.15) is 12.2 Å². The van der Waals surface area contributed by atoms with Gasteiger partial charge in [-0.05, 0) is 38.0 Å². The highest BCUT2D eigenvalue weighted by Crippen LogP contribution is 2.22. The van der Waals surface area contributed by atoms with Crippen LogP contribution in [0.3, 0.4) is 0 Å². The first-order valence-electron chi connectivity index (χ1n) is 5.91. The number of aromatic nitrogens is 3. The zero-order valence-corrected chi connectivity index (χ0v) is 11.9. The summed E-state index contributed by atoms with van der Waals surface area (Å²) in [5.41, 5.74) is 3.11. The van der Waals surface area contributed by atoms with E-state index in [0.717, 1.165) is 27.5 Å². The molecule has 0 saturated carbocycles. The van der Waals surface area contributed by atoms with Gasteiger partial charge in [-0.3, -0.25) is 4.21 Å². The fourth-order valence-electron chi connectivity index (χ4n) is 1.93. The average Bonchev–Trinajstić information content (AvgIpc) is 2.75. The van der Waals surface area contributed by atoms with Crippen molar-refractivity contribution in [2.24, 2.45) is 0 Å². The smallest absolute Gasteiger partial charge is 0.147 e. The lowest BCUT2D eigenvalue weighted by Gasteiger charge is -2.11. The molecule has 0 aliphatic rings. The summed E-state index contributed by atoms with van der Waals surface area (Å²) in [5.74, 6) is 1.35. The van der Waals surface area contributed by atoms with Gasteiger partial charge in [0, 0.05) is 10.6 Å². The first kappa shape index (κ1) is 13.0. The molecule has 0 fully saturated rings. The van der Waals surface area contributed by atoms with Crippen LogP contribution in [0.5, 0.6) is 0 Å². The van der Waals surface area contributed by atoms with E-state index in [4.69, 9.17) is 0 Å². The minimum atomic E-state index is -0.949. The molecule has 0 bridgehead atoms. The normalized spacial score (nSPS) is 12.7. The second-order valence-electron chi connectivity index (χ2n) is 4.27. The first-order valence-corrected chi connectivity index (χ1v) is 7.23. The topological polar surface area (TPSA) is 47.8 Å². The van der Waals surface area contributed by atoms with E-state index in [-0.39, 0.29) is 0 Å². The molecular formula is C13H17N3OS. The zero-order chi connectivity index (χ0) is 13.3. The molecule has 4 nitrogen and oxygen atoms in total. The summed E-state index contributed by atoms with van der Waals surface area (Å²) < 4.78 is 13.7. The molecule has 2 aromatic rings. The number of aryl methyl sites for hydroxylation is 3. The fourth-order valence-corrected chi connectivity index (χ4v) is 2.90. The number of hydrogen-bond acceptors (Lipinski definition) is 3. The van der Waals surface area contributed by atoms with Crippen LogP contribution in [-0.4, -0.2) is 24.7 Å². The molecule has 1 aromatic carbocycles. The van der Waals surface area contributed by atoms with Crippen LogP contribution in [0.25, 0.3) is 5.69 Å². The molecular weight excluding hydrogens is 246 g/mol. The van der Waals surface area contributed by atoms with Crippen LogP contribution in [-0.2, 0) is 10.8 Å². The largest absolute Gasteiger partial charge is 0.254 e. The van der Waals surface area contributed by atoms with Crippen molar-refractivity contribution >= 4 is 10.8 Å². The van der Waals surface area contributed by atoms with E-state index in [2.05, 4.69) is 16.1 Å². The maximum Gasteiger partial charge on any atom is 0.147 e. The van der Waals surface area contributed by atoms with Crippen molar-refractivity contribution in [1.82, 2.24) is 14.8 Å². The second-order valence-corrected chi connectivity index (χ2v) is 5.98. The maximum absolute atomic E-state index is 12.0. The van der Waals surface area contributed by atoms with Crippen LogP contribution in [0.4, 0.5) is 0 Å². The first-order chi connectivity index (χ1) is 8.52. The lowest BCUT2D eigenvalue weighted by atomic mass is 10.1. The summed E-state index contributed by atoms with van der Waals surface area (Å²) in [6.07, 6.45) is 1.69. The SMILES string of the molecule is CCS(=O)c1cc(-n2cnc(C)n2)c(C)cc1C. The molecule has 0 aliphatic heterocycles. The van der Waals surface area contributed by atoms with Crippen LogP contribution in [0, 0.1) is 20.8 Å². The number of benzene rings is 1. The molecule has 5 heteroatoms. The molecule has 0 amide bonds. The Balaban J connectivity index is 2.58. The predicted octanol–water partition coefficient (Wildman–Crippen LogP) is 2.32. The van der Waals surface area contributed by atoms with Gasteiger partial charge < -0.3 is 0 Å². The van der Waals surface area contributed by atoms with Gasteiger partial charge in [0.05, 0.1) is 16.5 Å². The number of nitrogens with zero attached hydrogens (tertiary/aromatic N) is 3. The Bertz CT molecular complexity index is 604. The predicted molar refractivity (Wildman–Crippen MR) is 72.5 cm³/mol. The second kappa shape index (κ2) is 5.02. The van der Waals surface area contributed by atoms with Crippen molar-refractivity contribution in [2.45, 2.75) is 32.6 Å². The van der Waals surface area contributed by atoms with Crippen LogP contribution in [0.1, 0.15) is 23.9 Å². The molecule has 0 aliphatic carbocycles. The molecule has 18 heavy (non-hydrogen) atoms. The average molecular weight is 263 g/mol. The maximum atomic E-state index is 12.0. The third-order valence-corrected chi connectivity index (χ3v) is 4.31. The van der Waals surface area contributed by atoms with E-state index in [1.54, 1.807) is 11.0 Å². The Kier molecular flexibility index (Phi) is 3.61. The lowest BCUT2D eigenvalue weighted by molar-refractivity contribution is 0.683. The highest BCUT2D eigenvalue weighted by molar-refractivity contribution is 7.85. The summed E-state index contributed by atoms with van der Waals surface area (Å²) >= 11 is 0. The van der Waals surface area contributed by atoms with Gasteiger partial charge in [-0.25, -0.2) is 9.67 Å². The van der Waals surface area contributed by atoms with E-state index >= 15 is 0 Å². The van der Waals surface area contributed by atoms with E-state index < -0.39 is 10.8 Å². The van der Waals surface area contributed by atoms with Crippen LogP contribution in [0.2, 0.25) is 0 Å². The van der Waals surface area contributed by atoms with Crippen molar-refractivity contribution in [3.8, 4) is 5.69 Å². The third kappa shape index (κ3) is 2.36. The minimum absolute atomic E-state index is 0.625. The van der Waals surface area contributed by atoms with Gasteiger partial charge in [-0.2, -0.15) is 5.10 Å². The minimum Gasteiger partial charge on any atom is -0.254 e. The van der Waals surface area contributed by atoms with Crippen molar-refractivity contribution < 1.29 is 4.21 Å². The zero-order valence-electron chi connectivity index (χ0n) is 11.1. The molecule has 0 N–H and O–H groups in total. The monoisotopic (exact) mass is 263 g/mol. The van der Waals surface area contributed by atoms with E-state index in [1.807, 2.05) is 33.8 Å². The van der Waals surface area contributed by atoms with Gasteiger partial charge in [-0.15, -0.1) is 0 Å². The molecule has 96 valence electrons. The van der Waals surface area contributed by atoms with Crippen molar-refractivity contribution in [1.29, 1.82) is 0 Å². The van der Waals surface area contributed by atoms with Gasteiger partial charge in [0.2, 0.25) is 0 Å². The van der Waals surface area contributed by atoms with Crippen LogP contribution >= 0.6 is 0 Å². The Labute approximate surface area is 110 Å². The van der Waals surface area contributed by atoms with Gasteiger partial charge in [0.25, 0.3) is 0 Å². The highest BCUT2D eigenvalue weighted by Gasteiger charge is 2.11. The van der Waals surface area contributed by atoms with Gasteiger partial charge in [-0.1, -0.05) is 13.0 Å². The van der Waals surface area contributed by atoms with Crippen LogP contribution < -0.4 is 0 Å². The molecule has 2 rings (SSSR count). The molecule has 0 spiro atoms. The summed E-state index contributed by atoms with van der Waals surface area (Å²) in [6.45, 7) is 7.80. The molecule has 1 unspecified atom stereocenters. The Morgan fingerprint density at radius 2 is 1.94 bits per heavy atom. The van der Waals surface area contributed by atoms with E-state index in [0.29, 0.717) is 5.75 Å². The van der Waals surface area contributed by atoms with Crippen molar-refractivity contribution in [2.75, 3.05) is 5.75 Å². The Morgan fingerprint density at radius 3 is 2.50 bits per heavy atom. The standard InChI is InChI=1S/C13H17N3OS/c1-5-18(17)13-7-12(9(2)6-10(13)3)16-8-14-11(4)15-16/h6-8H,5H2,1-4H3. The van der Waals surface area contributed by atoms with Crippen molar-refractivity contribution in [3.63, 3.8) is 0 Å². The van der Waals surface area contributed by atoms with E-state index in [1.165, 1.54) is 0 Å². The van der Waals surface area contributed by atoms with Crippen molar-refractivity contribution in [3.05, 3.63) is 35.4 Å². The summed E-state index contributed by atoms with van der Waals surface area (Å²) in [6, 6.07) is 4.01. The molecule has 1 aromatic heterocycles. The number of rotatable bonds is 3. The summed E-state index contributed by atoms with van der Waals surface area (Å²) in [5, 5.41) is 4.30. The summed E-state index contributed by atoms with van der Waals surface area (Å²) in [4.78, 5) is 5.01. The number of hydrogen-bond donors (Lipinski definition) is 0. The highest BCUT2D eigenvalue weighted by atomic mass is 32.2. The van der Waals surface area contributed by atoms with Gasteiger partial charge in [0.15, 0.2) is 0 Å². The van der Waals surface area contributed by atoms with E-state index in [9.17, 15) is 4.21 Å².